The number of hydrogen-bond donors (Lipinski definition) is 1. The van der Waals surface area contributed by atoms with Crippen LogP contribution in [0.2, 0.25) is 0 Å². The quantitative estimate of drug-likeness (QED) is 0.438. The lowest BCUT2D eigenvalue weighted by Gasteiger charge is -1.84. The van der Waals surface area contributed by atoms with Crippen molar-refractivity contribution in [3.63, 3.8) is 0 Å². The van der Waals surface area contributed by atoms with E-state index in [0.717, 1.165) is 18.6 Å². The van der Waals surface area contributed by atoms with E-state index in [4.69, 9.17) is 5.26 Å². The largest absolute Gasteiger partial charge is 0.198 e. The zero-order valence-corrected chi connectivity index (χ0v) is 5.12. The van der Waals surface area contributed by atoms with E-state index in [2.05, 4.69) is 18.7 Å². The minimum Gasteiger partial charge on any atom is -0.198 e. The lowest BCUT2D eigenvalue weighted by atomic mass is 10.3. The van der Waals surface area contributed by atoms with Crippen LogP contribution in [0.25, 0.3) is 0 Å². The van der Waals surface area contributed by atoms with Gasteiger partial charge in [-0.2, -0.15) is 17.9 Å². The summed E-state index contributed by atoms with van der Waals surface area (Å²) in [6, 6.07) is 2.07. The van der Waals surface area contributed by atoms with Crippen molar-refractivity contribution in [1.82, 2.24) is 0 Å². The molecule has 0 spiro atoms. The summed E-state index contributed by atoms with van der Waals surface area (Å²) in [5.74, 6) is 0.904. The Morgan fingerprint density at radius 2 is 2.14 bits per heavy atom. The predicted octanol–water partition coefficient (Wildman–Crippen LogP) is 1.61. The normalized spacial score (nSPS) is 8.00. The number of rotatable bonds is 3. The monoisotopic (exact) mass is 115 g/mol. The van der Waals surface area contributed by atoms with Gasteiger partial charge in [0.05, 0.1) is 6.07 Å². The Hall–Kier alpha value is -0.160. The fourth-order valence-corrected chi connectivity index (χ4v) is 0.539. The molecule has 0 heterocycles. The third kappa shape index (κ3) is 5.84. The molecule has 40 valence electrons. The standard InChI is InChI=1S/C5H9NS/c6-4-2-1-3-5-7/h7H,1-3,5H2. The van der Waals surface area contributed by atoms with E-state index in [0.29, 0.717) is 6.42 Å². The van der Waals surface area contributed by atoms with Crippen molar-refractivity contribution in [3.8, 4) is 6.07 Å². The van der Waals surface area contributed by atoms with Gasteiger partial charge in [-0.05, 0) is 18.6 Å². The molecule has 0 aromatic rings. The molecule has 0 saturated carbocycles. The molecule has 0 radical (unpaired) electrons. The van der Waals surface area contributed by atoms with E-state index in [9.17, 15) is 0 Å². The maximum absolute atomic E-state index is 8.02. The molecule has 0 saturated heterocycles. The van der Waals surface area contributed by atoms with Gasteiger partial charge < -0.3 is 0 Å². The first-order chi connectivity index (χ1) is 3.41. The van der Waals surface area contributed by atoms with Crippen LogP contribution in [-0.4, -0.2) is 5.75 Å². The highest BCUT2D eigenvalue weighted by molar-refractivity contribution is 7.80. The molecule has 0 fully saturated rings. The molecule has 0 aliphatic heterocycles. The molecule has 0 unspecified atom stereocenters. The van der Waals surface area contributed by atoms with Crippen LogP contribution in [0.15, 0.2) is 0 Å². The summed E-state index contributed by atoms with van der Waals surface area (Å²) in [5, 5.41) is 8.02. The molecule has 0 N–H and O–H groups in total. The van der Waals surface area contributed by atoms with Crippen molar-refractivity contribution < 1.29 is 0 Å². The Morgan fingerprint density at radius 3 is 2.57 bits per heavy atom. The van der Waals surface area contributed by atoms with Crippen LogP contribution in [0, 0.1) is 11.3 Å². The van der Waals surface area contributed by atoms with Crippen LogP contribution < -0.4 is 0 Å². The van der Waals surface area contributed by atoms with Crippen LogP contribution in [0.3, 0.4) is 0 Å². The van der Waals surface area contributed by atoms with Gasteiger partial charge in [0, 0.05) is 6.42 Å². The van der Waals surface area contributed by atoms with Gasteiger partial charge in [-0.15, -0.1) is 0 Å². The van der Waals surface area contributed by atoms with Crippen molar-refractivity contribution in [2.45, 2.75) is 19.3 Å². The zero-order chi connectivity index (χ0) is 5.54. The predicted molar refractivity (Wildman–Crippen MR) is 33.3 cm³/mol. The fourth-order valence-electron chi connectivity index (χ4n) is 0.316. The van der Waals surface area contributed by atoms with Gasteiger partial charge in [0.1, 0.15) is 0 Å². The van der Waals surface area contributed by atoms with E-state index in [1.165, 1.54) is 0 Å². The van der Waals surface area contributed by atoms with Crippen LogP contribution >= 0.6 is 12.6 Å². The highest BCUT2D eigenvalue weighted by Crippen LogP contribution is 1.93. The smallest absolute Gasteiger partial charge is 0.0621 e. The lowest BCUT2D eigenvalue weighted by molar-refractivity contribution is 0.832. The van der Waals surface area contributed by atoms with Crippen LogP contribution in [0.1, 0.15) is 19.3 Å². The zero-order valence-electron chi connectivity index (χ0n) is 4.22. The Kier molecular flexibility index (Phi) is 5.71. The van der Waals surface area contributed by atoms with E-state index >= 15 is 0 Å². The van der Waals surface area contributed by atoms with Gasteiger partial charge in [-0.1, -0.05) is 0 Å². The SMILES string of the molecule is N#CCCCCS. The molecule has 0 aromatic heterocycles. The Balaban J connectivity index is 2.60. The summed E-state index contributed by atoms with van der Waals surface area (Å²) in [6.45, 7) is 0. The van der Waals surface area contributed by atoms with Gasteiger partial charge in [0.2, 0.25) is 0 Å². The molecule has 0 atom stereocenters. The topological polar surface area (TPSA) is 23.8 Å². The number of thiol groups is 1. The van der Waals surface area contributed by atoms with Crippen molar-refractivity contribution in [3.05, 3.63) is 0 Å². The number of nitriles is 1. The second-order valence-corrected chi connectivity index (χ2v) is 1.79. The van der Waals surface area contributed by atoms with Gasteiger partial charge in [0.25, 0.3) is 0 Å². The summed E-state index contributed by atoms with van der Waals surface area (Å²) in [7, 11) is 0. The molecule has 0 bridgehead atoms. The van der Waals surface area contributed by atoms with Crippen LogP contribution in [-0.2, 0) is 0 Å². The number of unbranched alkanes of at least 4 members (excludes halogenated alkanes) is 2. The molecular formula is C5H9NS. The second kappa shape index (κ2) is 5.84. The maximum Gasteiger partial charge on any atom is 0.0621 e. The second-order valence-electron chi connectivity index (χ2n) is 1.34. The average Bonchev–Trinajstić information content (AvgIpc) is 1.69. The Bertz CT molecular complexity index is 65.0. The summed E-state index contributed by atoms with van der Waals surface area (Å²) < 4.78 is 0. The number of hydrogen-bond acceptors (Lipinski definition) is 2. The van der Waals surface area contributed by atoms with Crippen LogP contribution in [0.4, 0.5) is 0 Å². The van der Waals surface area contributed by atoms with Crippen LogP contribution in [0.5, 0.6) is 0 Å². The molecular weight excluding hydrogens is 106 g/mol. The first-order valence-electron chi connectivity index (χ1n) is 2.39. The van der Waals surface area contributed by atoms with Crippen molar-refractivity contribution >= 4 is 12.6 Å². The van der Waals surface area contributed by atoms with Crippen molar-refractivity contribution in [2.24, 2.45) is 0 Å². The van der Waals surface area contributed by atoms with E-state index in [1.807, 2.05) is 0 Å². The Labute approximate surface area is 49.7 Å². The summed E-state index contributed by atoms with van der Waals surface area (Å²) in [4.78, 5) is 0. The molecule has 1 nitrogen and oxygen atoms in total. The first kappa shape index (κ1) is 6.84. The molecule has 0 rings (SSSR count). The van der Waals surface area contributed by atoms with Crippen molar-refractivity contribution in [1.29, 1.82) is 5.26 Å². The third-order valence-corrected chi connectivity index (χ3v) is 1.01. The molecule has 2 heteroatoms. The highest BCUT2D eigenvalue weighted by atomic mass is 32.1. The highest BCUT2D eigenvalue weighted by Gasteiger charge is 1.80. The van der Waals surface area contributed by atoms with Gasteiger partial charge in [0.15, 0.2) is 0 Å². The van der Waals surface area contributed by atoms with Gasteiger partial charge >= 0.3 is 0 Å². The van der Waals surface area contributed by atoms with Crippen molar-refractivity contribution in [2.75, 3.05) is 5.75 Å². The fraction of sp³-hybridized carbons (Fsp3) is 0.800. The van der Waals surface area contributed by atoms with E-state index in [-0.39, 0.29) is 0 Å². The minimum absolute atomic E-state index is 0.681. The number of nitrogens with zero attached hydrogens (tertiary/aromatic N) is 1. The minimum atomic E-state index is 0.681. The van der Waals surface area contributed by atoms with E-state index < -0.39 is 0 Å². The van der Waals surface area contributed by atoms with Gasteiger partial charge in [-0.3, -0.25) is 0 Å². The van der Waals surface area contributed by atoms with Gasteiger partial charge in [-0.25, -0.2) is 0 Å². The molecule has 0 amide bonds. The van der Waals surface area contributed by atoms with E-state index in [1.54, 1.807) is 0 Å². The summed E-state index contributed by atoms with van der Waals surface area (Å²) >= 11 is 3.98. The molecule has 0 aliphatic rings. The first-order valence-corrected chi connectivity index (χ1v) is 3.03. The molecule has 0 aliphatic carbocycles. The third-order valence-electron chi connectivity index (χ3n) is 0.697. The Morgan fingerprint density at radius 1 is 1.43 bits per heavy atom. The summed E-state index contributed by atoms with van der Waals surface area (Å²) in [5.41, 5.74) is 0. The molecule has 0 aromatic carbocycles. The average molecular weight is 115 g/mol. The summed E-state index contributed by atoms with van der Waals surface area (Å²) in [6.07, 6.45) is 2.75. The molecule has 7 heavy (non-hydrogen) atoms. The lowest BCUT2D eigenvalue weighted by Crippen LogP contribution is -1.72. The maximum atomic E-state index is 8.02.